The molecular formula is C16H27. The van der Waals surface area contributed by atoms with Gasteiger partial charge in [-0.3, -0.25) is 0 Å². The maximum absolute atomic E-state index is 5.34. The highest BCUT2D eigenvalue weighted by molar-refractivity contribution is 5.08. The smallest absolute Gasteiger partial charge is 0.0285 e. The minimum atomic E-state index is 0.832. The van der Waals surface area contributed by atoms with Crippen molar-refractivity contribution in [1.82, 2.24) is 0 Å². The van der Waals surface area contributed by atoms with Crippen LogP contribution < -0.4 is 0 Å². The highest BCUT2D eigenvalue weighted by Crippen LogP contribution is 2.13. The van der Waals surface area contributed by atoms with Crippen molar-refractivity contribution in [2.75, 3.05) is 0 Å². The lowest BCUT2D eigenvalue weighted by molar-refractivity contribution is 0.554. The predicted molar refractivity (Wildman–Crippen MR) is 74.3 cm³/mol. The van der Waals surface area contributed by atoms with Crippen molar-refractivity contribution >= 4 is 0 Å². The van der Waals surface area contributed by atoms with Gasteiger partial charge in [0.15, 0.2) is 0 Å². The van der Waals surface area contributed by atoms with Crippen LogP contribution >= 0.6 is 0 Å². The summed E-state index contributed by atoms with van der Waals surface area (Å²) in [6, 6.07) is 0. The maximum Gasteiger partial charge on any atom is -0.0285 e. The van der Waals surface area contributed by atoms with E-state index in [0.29, 0.717) is 0 Å². The van der Waals surface area contributed by atoms with E-state index in [9.17, 15) is 0 Å². The molecule has 91 valence electrons. The molecule has 0 aromatic heterocycles. The number of hydrogen-bond donors (Lipinski definition) is 0. The number of rotatable bonds is 8. The number of hydrogen-bond acceptors (Lipinski definition) is 0. The van der Waals surface area contributed by atoms with Gasteiger partial charge in [0.05, 0.1) is 0 Å². The molecule has 0 aromatic rings. The van der Waals surface area contributed by atoms with E-state index in [0.717, 1.165) is 18.8 Å². The Morgan fingerprint density at radius 2 is 1.81 bits per heavy atom. The fraction of sp³-hybridized carbons (Fsp3) is 0.625. The van der Waals surface area contributed by atoms with E-state index in [4.69, 9.17) is 6.58 Å². The third-order valence-corrected chi connectivity index (χ3v) is 2.76. The zero-order chi connectivity index (χ0) is 12.4. The molecule has 0 heteroatoms. The molecular weight excluding hydrogens is 192 g/mol. The third-order valence-electron chi connectivity index (χ3n) is 2.76. The maximum atomic E-state index is 5.34. The van der Waals surface area contributed by atoms with Crippen molar-refractivity contribution in [3.8, 4) is 0 Å². The summed E-state index contributed by atoms with van der Waals surface area (Å²) in [6.45, 7) is 14.3. The van der Waals surface area contributed by atoms with Crippen molar-refractivity contribution < 1.29 is 0 Å². The van der Waals surface area contributed by atoms with Gasteiger partial charge in [0.2, 0.25) is 0 Å². The molecule has 1 radical (unpaired) electrons. The van der Waals surface area contributed by atoms with Crippen LogP contribution in [-0.4, -0.2) is 0 Å². The van der Waals surface area contributed by atoms with Gasteiger partial charge < -0.3 is 0 Å². The van der Waals surface area contributed by atoms with E-state index in [2.05, 4.69) is 33.8 Å². The second-order valence-corrected chi connectivity index (χ2v) is 5.08. The van der Waals surface area contributed by atoms with Crippen LogP contribution in [0.25, 0.3) is 0 Å². The molecule has 0 saturated heterocycles. The van der Waals surface area contributed by atoms with Crippen molar-refractivity contribution in [3.63, 3.8) is 0 Å². The van der Waals surface area contributed by atoms with E-state index >= 15 is 0 Å². The Balaban J connectivity index is 3.70. The topological polar surface area (TPSA) is 0 Å². The van der Waals surface area contributed by atoms with E-state index in [1.54, 1.807) is 6.08 Å². The van der Waals surface area contributed by atoms with Gasteiger partial charge in [-0.2, -0.15) is 0 Å². The van der Waals surface area contributed by atoms with Gasteiger partial charge in [0, 0.05) is 0 Å². The average molecular weight is 219 g/mol. The summed E-state index contributed by atoms with van der Waals surface area (Å²) < 4.78 is 0. The van der Waals surface area contributed by atoms with Crippen molar-refractivity contribution in [3.05, 3.63) is 36.0 Å². The summed E-state index contributed by atoms with van der Waals surface area (Å²) >= 11 is 0. The van der Waals surface area contributed by atoms with E-state index in [-0.39, 0.29) is 0 Å². The first kappa shape index (κ1) is 15.2. The van der Waals surface area contributed by atoms with E-state index < -0.39 is 0 Å². The van der Waals surface area contributed by atoms with Crippen LogP contribution in [0.4, 0.5) is 0 Å². The highest BCUT2D eigenvalue weighted by atomic mass is 14.0. The van der Waals surface area contributed by atoms with Gasteiger partial charge in [-0.1, -0.05) is 56.2 Å². The van der Waals surface area contributed by atoms with Crippen molar-refractivity contribution in [2.45, 2.75) is 59.8 Å². The summed E-state index contributed by atoms with van der Waals surface area (Å²) in [5, 5.41) is 0. The first-order chi connectivity index (χ1) is 7.56. The molecule has 0 bridgehead atoms. The van der Waals surface area contributed by atoms with Crippen LogP contribution in [0, 0.1) is 12.5 Å². The SMILES string of the molecule is [CH]=CC=C(C)CCC=C(C)CCCC(C)C. The summed E-state index contributed by atoms with van der Waals surface area (Å²) in [4.78, 5) is 0. The third kappa shape index (κ3) is 9.76. The fourth-order valence-corrected chi connectivity index (χ4v) is 1.69. The Kier molecular flexibility index (Phi) is 8.99. The molecule has 0 aromatic carbocycles. The second kappa shape index (κ2) is 9.45. The van der Waals surface area contributed by atoms with E-state index in [1.165, 1.54) is 30.4 Å². The predicted octanol–water partition coefficient (Wildman–Crippen LogP) is 5.47. The molecule has 0 aliphatic heterocycles. The van der Waals surface area contributed by atoms with Gasteiger partial charge in [-0.05, 0) is 45.4 Å². The van der Waals surface area contributed by atoms with Crippen LogP contribution in [0.2, 0.25) is 0 Å². The minimum Gasteiger partial charge on any atom is -0.0853 e. The molecule has 0 aliphatic carbocycles. The van der Waals surface area contributed by atoms with Crippen LogP contribution in [0.3, 0.4) is 0 Å². The summed E-state index contributed by atoms with van der Waals surface area (Å²) in [7, 11) is 0. The van der Waals surface area contributed by atoms with Crippen molar-refractivity contribution in [1.29, 1.82) is 0 Å². The molecule has 0 heterocycles. The molecule has 0 N–H and O–H groups in total. The summed E-state index contributed by atoms with van der Waals surface area (Å²) in [5.74, 6) is 0.832. The lowest BCUT2D eigenvalue weighted by Crippen LogP contribution is -1.87. The normalized spacial score (nSPS) is 13.3. The molecule has 0 unspecified atom stereocenters. The molecule has 0 nitrogen and oxygen atoms in total. The molecule has 0 fully saturated rings. The minimum absolute atomic E-state index is 0.832. The largest absolute Gasteiger partial charge is 0.0853 e. The van der Waals surface area contributed by atoms with Crippen LogP contribution in [-0.2, 0) is 0 Å². The van der Waals surface area contributed by atoms with Gasteiger partial charge in [0.1, 0.15) is 0 Å². The quantitative estimate of drug-likeness (QED) is 0.375. The Labute approximate surface area is 102 Å². The van der Waals surface area contributed by atoms with Crippen LogP contribution in [0.5, 0.6) is 0 Å². The summed E-state index contributed by atoms with van der Waals surface area (Å²) in [6.07, 6.45) is 12.2. The molecule has 0 saturated carbocycles. The Morgan fingerprint density at radius 1 is 1.12 bits per heavy atom. The zero-order valence-electron chi connectivity index (χ0n) is 11.4. The Hall–Kier alpha value is -0.780. The highest BCUT2D eigenvalue weighted by Gasteiger charge is 1.95. The standard InChI is InChI=1S/C16H27/c1-6-9-15(4)12-8-13-16(5)11-7-10-14(2)3/h1,6,9,13-14H,7-8,10-12H2,2-5H3. The second-order valence-electron chi connectivity index (χ2n) is 5.08. The van der Waals surface area contributed by atoms with Gasteiger partial charge >= 0.3 is 0 Å². The fourth-order valence-electron chi connectivity index (χ4n) is 1.69. The molecule has 0 rings (SSSR count). The molecule has 16 heavy (non-hydrogen) atoms. The lowest BCUT2D eigenvalue weighted by Gasteiger charge is -2.05. The van der Waals surface area contributed by atoms with Gasteiger partial charge in [0.25, 0.3) is 0 Å². The Morgan fingerprint density at radius 3 is 2.38 bits per heavy atom. The molecule has 0 spiro atoms. The molecule has 0 aliphatic rings. The van der Waals surface area contributed by atoms with E-state index in [1.807, 2.05) is 6.08 Å². The van der Waals surface area contributed by atoms with Crippen molar-refractivity contribution in [2.24, 2.45) is 5.92 Å². The number of allylic oxidation sites excluding steroid dienone is 5. The first-order valence-corrected chi connectivity index (χ1v) is 6.42. The lowest BCUT2D eigenvalue weighted by atomic mass is 10.0. The molecule has 0 amide bonds. The van der Waals surface area contributed by atoms with Gasteiger partial charge in [-0.25, -0.2) is 0 Å². The zero-order valence-corrected chi connectivity index (χ0v) is 11.4. The van der Waals surface area contributed by atoms with Gasteiger partial charge in [-0.15, -0.1) is 0 Å². The van der Waals surface area contributed by atoms with Crippen LogP contribution in [0.15, 0.2) is 29.4 Å². The first-order valence-electron chi connectivity index (χ1n) is 6.42. The van der Waals surface area contributed by atoms with Crippen LogP contribution in [0.1, 0.15) is 59.8 Å². The average Bonchev–Trinajstić information content (AvgIpc) is 2.17. The monoisotopic (exact) mass is 219 g/mol. The summed E-state index contributed by atoms with van der Waals surface area (Å²) in [5.41, 5.74) is 2.89. The molecule has 0 atom stereocenters. The Bertz CT molecular complexity index is 241.